The van der Waals surface area contributed by atoms with Crippen molar-refractivity contribution in [3.63, 3.8) is 0 Å². The fraction of sp³-hybridized carbons (Fsp3) is 0.0556. The highest BCUT2D eigenvalue weighted by molar-refractivity contribution is 7.92. The molecule has 0 fully saturated rings. The van der Waals surface area contributed by atoms with Crippen molar-refractivity contribution in [2.45, 2.75) is 11.8 Å². The zero-order valence-electron chi connectivity index (χ0n) is 14.5. The van der Waals surface area contributed by atoms with Crippen LogP contribution in [0.25, 0.3) is 0 Å². The van der Waals surface area contributed by atoms with Gasteiger partial charge < -0.3 is 5.32 Å². The highest BCUT2D eigenvalue weighted by atomic mass is 32.2. The van der Waals surface area contributed by atoms with Gasteiger partial charge in [0.1, 0.15) is 5.69 Å². The highest BCUT2D eigenvalue weighted by Gasteiger charge is 2.17. The molecule has 0 saturated heterocycles. The average molecular weight is 404 g/mol. The van der Waals surface area contributed by atoms with Gasteiger partial charge in [-0.05, 0) is 49.4 Å². The maximum atomic E-state index is 13.3. The van der Waals surface area contributed by atoms with E-state index in [0.717, 1.165) is 12.1 Å². The van der Waals surface area contributed by atoms with E-state index in [9.17, 15) is 22.0 Å². The van der Waals surface area contributed by atoms with E-state index in [-0.39, 0.29) is 11.4 Å². The van der Waals surface area contributed by atoms with Crippen LogP contribution in [0.15, 0.2) is 59.8 Å². The van der Waals surface area contributed by atoms with Gasteiger partial charge in [0, 0.05) is 17.6 Å². The number of nitrogens with zero attached hydrogens (tertiary/aromatic N) is 2. The lowest BCUT2D eigenvalue weighted by molar-refractivity contribution is 0.102. The van der Waals surface area contributed by atoms with E-state index < -0.39 is 32.5 Å². The van der Waals surface area contributed by atoms with Gasteiger partial charge >= 0.3 is 0 Å². The van der Waals surface area contributed by atoms with E-state index in [1.54, 1.807) is 6.92 Å². The molecule has 1 heterocycles. The van der Waals surface area contributed by atoms with E-state index in [1.807, 2.05) is 0 Å². The van der Waals surface area contributed by atoms with Gasteiger partial charge in [-0.1, -0.05) is 0 Å². The number of halogens is 2. The Bertz CT molecular complexity index is 1120. The Morgan fingerprint density at radius 1 is 0.929 bits per heavy atom. The third-order valence-corrected chi connectivity index (χ3v) is 4.99. The van der Waals surface area contributed by atoms with Crippen LogP contribution in [0, 0.1) is 18.6 Å². The molecule has 7 nitrogen and oxygen atoms in total. The molecule has 144 valence electrons. The van der Waals surface area contributed by atoms with Gasteiger partial charge in [0.15, 0.2) is 11.6 Å². The molecule has 1 amide bonds. The summed E-state index contributed by atoms with van der Waals surface area (Å²) in [4.78, 5) is 19.6. The van der Waals surface area contributed by atoms with Crippen LogP contribution in [0.2, 0.25) is 0 Å². The zero-order valence-corrected chi connectivity index (χ0v) is 15.3. The van der Waals surface area contributed by atoms with Crippen molar-refractivity contribution in [1.29, 1.82) is 0 Å². The van der Waals surface area contributed by atoms with Crippen molar-refractivity contribution < 1.29 is 22.0 Å². The molecule has 2 N–H and O–H groups in total. The fourth-order valence-electron chi connectivity index (χ4n) is 2.18. The lowest BCUT2D eigenvalue weighted by atomic mass is 10.3. The van der Waals surface area contributed by atoms with Crippen molar-refractivity contribution in [3.05, 3.63) is 77.9 Å². The molecule has 2 aromatic carbocycles. The molecule has 0 aliphatic rings. The van der Waals surface area contributed by atoms with Crippen molar-refractivity contribution in [3.8, 4) is 0 Å². The molecule has 0 aliphatic heterocycles. The van der Waals surface area contributed by atoms with Gasteiger partial charge in [-0.15, -0.1) is 0 Å². The van der Waals surface area contributed by atoms with Crippen LogP contribution in [0.4, 0.5) is 20.2 Å². The van der Waals surface area contributed by atoms with Gasteiger partial charge in [-0.25, -0.2) is 22.2 Å². The molecular weight excluding hydrogens is 390 g/mol. The standard InChI is InChI=1S/C18H14F2N4O3S/c1-11-9-22-17(10-21-11)18(25)23-12-2-4-13(5-3-12)24-28(26,27)14-6-7-15(19)16(20)8-14/h2-10,24H,1H3,(H,23,25). The van der Waals surface area contributed by atoms with Crippen LogP contribution in [0.1, 0.15) is 16.2 Å². The number of aryl methyl sites for hydroxylation is 1. The summed E-state index contributed by atoms with van der Waals surface area (Å²) in [5, 5.41) is 2.60. The monoisotopic (exact) mass is 404 g/mol. The minimum Gasteiger partial charge on any atom is -0.321 e. The molecule has 3 rings (SSSR count). The summed E-state index contributed by atoms with van der Waals surface area (Å²) < 4.78 is 53.0. The van der Waals surface area contributed by atoms with Crippen LogP contribution in [-0.4, -0.2) is 24.3 Å². The van der Waals surface area contributed by atoms with Gasteiger partial charge in [0.05, 0.1) is 16.8 Å². The number of carbonyl (C=O) groups excluding carboxylic acids is 1. The van der Waals surface area contributed by atoms with Crippen LogP contribution >= 0.6 is 0 Å². The number of carbonyl (C=O) groups is 1. The number of anilines is 2. The molecule has 3 aromatic rings. The van der Waals surface area contributed by atoms with E-state index in [0.29, 0.717) is 17.4 Å². The molecule has 28 heavy (non-hydrogen) atoms. The number of nitrogens with one attached hydrogen (secondary N) is 2. The Balaban J connectivity index is 1.70. The summed E-state index contributed by atoms with van der Waals surface area (Å²) in [6.07, 6.45) is 2.81. The Labute approximate surface area is 159 Å². The maximum Gasteiger partial charge on any atom is 0.275 e. The first-order valence-corrected chi connectivity index (χ1v) is 9.41. The number of rotatable bonds is 5. The minimum atomic E-state index is -4.10. The Hall–Kier alpha value is -3.40. The quantitative estimate of drug-likeness (QED) is 0.680. The predicted molar refractivity (Wildman–Crippen MR) is 98.3 cm³/mol. The normalized spacial score (nSPS) is 11.1. The summed E-state index contributed by atoms with van der Waals surface area (Å²) in [6, 6.07) is 8.05. The van der Waals surface area contributed by atoms with Gasteiger partial charge in [0.2, 0.25) is 0 Å². The third kappa shape index (κ3) is 4.46. The predicted octanol–water partition coefficient (Wildman–Crippen LogP) is 3.12. The van der Waals surface area contributed by atoms with Crippen LogP contribution in [0.3, 0.4) is 0 Å². The fourth-order valence-corrected chi connectivity index (χ4v) is 3.25. The smallest absolute Gasteiger partial charge is 0.275 e. The summed E-state index contributed by atoms with van der Waals surface area (Å²) in [5.41, 5.74) is 1.39. The Kier molecular flexibility index (Phi) is 5.32. The van der Waals surface area contributed by atoms with Crippen LogP contribution in [-0.2, 0) is 10.0 Å². The summed E-state index contributed by atoms with van der Waals surface area (Å²) >= 11 is 0. The molecule has 0 spiro atoms. The first-order chi connectivity index (χ1) is 13.2. The van der Waals surface area contributed by atoms with Gasteiger partial charge in [-0.3, -0.25) is 14.5 Å². The minimum absolute atomic E-state index is 0.133. The number of sulfonamides is 1. The molecule has 10 heteroatoms. The highest BCUT2D eigenvalue weighted by Crippen LogP contribution is 2.20. The van der Waals surface area contributed by atoms with Gasteiger partial charge in [0.25, 0.3) is 15.9 Å². The van der Waals surface area contributed by atoms with Crippen molar-refractivity contribution in [1.82, 2.24) is 9.97 Å². The number of hydrogen-bond donors (Lipinski definition) is 2. The second kappa shape index (κ2) is 7.69. The summed E-state index contributed by atoms with van der Waals surface area (Å²) in [7, 11) is -4.10. The van der Waals surface area contributed by atoms with Crippen molar-refractivity contribution >= 4 is 27.3 Å². The number of aromatic nitrogens is 2. The number of benzene rings is 2. The molecule has 1 aromatic heterocycles. The Morgan fingerprint density at radius 3 is 2.21 bits per heavy atom. The van der Waals surface area contributed by atoms with Crippen molar-refractivity contribution in [2.75, 3.05) is 10.0 Å². The van der Waals surface area contributed by atoms with E-state index in [4.69, 9.17) is 0 Å². The molecule has 0 atom stereocenters. The Morgan fingerprint density at radius 2 is 1.61 bits per heavy atom. The lowest BCUT2D eigenvalue weighted by Gasteiger charge is -2.10. The number of amides is 1. The number of hydrogen-bond acceptors (Lipinski definition) is 5. The second-order valence-corrected chi connectivity index (χ2v) is 7.44. The molecule has 0 aliphatic carbocycles. The largest absolute Gasteiger partial charge is 0.321 e. The SMILES string of the molecule is Cc1cnc(C(=O)Nc2ccc(NS(=O)(=O)c3ccc(F)c(F)c3)cc2)cn1. The van der Waals surface area contributed by atoms with Gasteiger partial charge in [-0.2, -0.15) is 0 Å². The van der Waals surface area contributed by atoms with Crippen LogP contribution in [0.5, 0.6) is 0 Å². The van der Waals surface area contributed by atoms with Crippen LogP contribution < -0.4 is 10.0 Å². The molecular formula is C18H14F2N4O3S. The summed E-state index contributed by atoms with van der Waals surface area (Å²) in [5.74, 6) is -2.87. The van der Waals surface area contributed by atoms with Crippen molar-refractivity contribution in [2.24, 2.45) is 0 Å². The maximum absolute atomic E-state index is 13.3. The van der Waals surface area contributed by atoms with E-state index >= 15 is 0 Å². The molecule has 0 saturated carbocycles. The van der Waals surface area contributed by atoms with E-state index in [2.05, 4.69) is 20.0 Å². The lowest BCUT2D eigenvalue weighted by Crippen LogP contribution is -2.15. The first kappa shape index (κ1) is 19.4. The second-order valence-electron chi connectivity index (χ2n) is 5.76. The average Bonchev–Trinajstić information content (AvgIpc) is 2.65. The topological polar surface area (TPSA) is 101 Å². The molecule has 0 radical (unpaired) electrons. The third-order valence-electron chi connectivity index (χ3n) is 3.61. The molecule has 0 bridgehead atoms. The summed E-state index contributed by atoms with van der Waals surface area (Å²) in [6.45, 7) is 1.74. The molecule has 0 unspecified atom stereocenters. The first-order valence-electron chi connectivity index (χ1n) is 7.92. The zero-order chi connectivity index (χ0) is 20.3. The van der Waals surface area contributed by atoms with E-state index in [1.165, 1.54) is 36.7 Å².